The summed E-state index contributed by atoms with van der Waals surface area (Å²) in [6, 6.07) is 5.86. The molecule has 4 rings (SSSR count). The van der Waals surface area contributed by atoms with Crippen LogP contribution >= 0.6 is 0 Å². The van der Waals surface area contributed by atoms with Crippen LogP contribution in [-0.2, 0) is 14.3 Å². The fraction of sp³-hybridized carbons (Fsp3) is 0.632. The lowest BCUT2D eigenvalue weighted by Gasteiger charge is -2.42. The maximum absolute atomic E-state index is 13.3. The number of anilines is 1. The van der Waals surface area contributed by atoms with E-state index in [1.165, 1.54) is 0 Å². The molecule has 1 saturated carbocycles. The highest BCUT2D eigenvalue weighted by Gasteiger charge is 2.76. The minimum absolute atomic E-state index is 0.0206. The molecule has 3 fully saturated rings. The lowest BCUT2D eigenvalue weighted by molar-refractivity contribution is -0.174. The first-order valence-electron chi connectivity index (χ1n) is 9.01. The van der Waals surface area contributed by atoms with Crippen molar-refractivity contribution in [3.63, 3.8) is 0 Å². The summed E-state index contributed by atoms with van der Waals surface area (Å²) in [7, 11) is 0. The molecular formula is C19H25N3O3. The summed E-state index contributed by atoms with van der Waals surface area (Å²) in [5, 5.41) is 0. The van der Waals surface area contributed by atoms with Gasteiger partial charge >= 0.3 is 5.97 Å². The monoisotopic (exact) mass is 343 g/mol. The molecule has 6 heteroatoms. The molecule has 0 spiro atoms. The number of esters is 1. The summed E-state index contributed by atoms with van der Waals surface area (Å²) < 4.78 is 5.74. The molecule has 0 radical (unpaired) electrons. The summed E-state index contributed by atoms with van der Waals surface area (Å²) in [5.74, 6) is 0.700. The Morgan fingerprint density at radius 2 is 1.84 bits per heavy atom. The number of hydrogen-bond acceptors (Lipinski definition) is 5. The molecule has 3 aliphatic rings. The molecule has 1 amide bonds. The lowest BCUT2D eigenvalue weighted by atomic mass is 9.66. The maximum atomic E-state index is 13.3. The molecule has 1 aliphatic carbocycles. The molecule has 1 aromatic rings. The van der Waals surface area contributed by atoms with Crippen molar-refractivity contribution in [1.82, 2.24) is 9.88 Å². The van der Waals surface area contributed by atoms with Crippen molar-refractivity contribution < 1.29 is 14.3 Å². The Morgan fingerprint density at radius 1 is 1.12 bits per heavy atom. The van der Waals surface area contributed by atoms with Gasteiger partial charge in [0, 0.05) is 37.8 Å². The van der Waals surface area contributed by atoms with Crippen molar-refractivity contribution in [2.24, 2.45) is 10.8 Å². The molecule has 2 saturated heterocycles. The van der Waals surface area contributed by atoms with Crippen molar-refractivity contribution in [2.75, 3.05) is 31.1 Å². The predicted molar refractivity (Wildman–Crippen MR) is 93.0 cm³/mol. The van der Waals surface area contributed by atoms with Gasteiger partial charge in [0.2, 0.25) is 0 Å². The van der Waals surface area contributed by atoms with Gasteiger partial charge in [0.25, 0.3) is 5.91 Å². The number of piperazine rings is 1. The molecule has 2 atom stereocenters. The molecule has 3 heterocycles. The molecule has 134 valence electrons. The van der Waals surface area contributed by atoms with Crippen LogP contribution in [0.3, 0.4) is 0 Å². The highest BCUT2D eigenvalue weighted by Crippen LogP contribution is 2.65. The first kappa shape index (κ1) is 16.4. The normalized spacial score (nSPS) is 33.5. The lowest BCUT2D eigenvalue weighted by Crippen LogP contribution is -2.59. The van der Waals surface area contributed by atoms with Crippen LogP contribution in [0, 0.1) is 10.8 Å². The molecule has 1 aromatic heterocycles. The van der Waals surface area contributed by atoms with Crippen molar-refractivity contribution in [2.45, 2.75) is 39.2 Å². The Balaban J connectivity index is 1.51. The molecule has 2 bridgehead atoms. The number of rotatable bonds is 2. The topological polar surface area (TPSA) is 62.7 Å². The summed E-state index contributed by atoms with van der Waals surface area (Å²) in [6.07, 6.45) is 3.13. The second-order valence-electron chi connectivity index (χ2n) is 8.14. The van der Waals surface area contributed by atoms with E-state index >= 15 is 0 Å². The van der Waals surface area contributed by atoms with E-state index in [1.807, 2.05) is 43.9 Å². The zero-order valence-corrected chi connectivity index (χ0v) is 15.1. The van der Waals surface area contributed by atoms with Gasteiger partial charge in [-0.15, -0.1) is 0 Å². The van der Waals surface area contributed by atoms with E-state index in [-0.39, 0.29) is 11.9 Å². The standard InChI is InChI=1S/C19H25N3O3/c1-17(2)18(3)7-8-19(17,25-16(18)24)15(23)22-12-10-21(11-13-22)14-6-4-5-9-20-14/h4-6,9H,7-8,10-13H2,1-3H3. The largest absolute Gasteiger partial charge is 0.448 e. The van der Waals surface area contributed by atoms with Gasteiger partial charge in [-0.25, -0.2) is 4.98 Å². The SMILES string of the molecule is CC12CCC(C(=O)N3CCN(c4ccccn4)CC3)(OC1=O)C2(C)C. The number of hydrogen-bond donors (Lipinski definition) is 0. The smallest absolute Gasteiger partial charge is 0.313 e. The zero-order chi connectivity index (χ0) is 17.9. The average Bonchev–Trinajstić information content (AvgIpc) is 2.92. The summed E-state index contributed by atoms with van der Waals surface area (Å²) in [4.78, 5) is 34.2. The van der Waals surface area contributed by atoms with Gasteiger partial charge in [0.1, 0.15) is 5.82 Å². The Labute approximate surface area is 148 Å². The predicted octanol–water partition coefficient (Wildman–Crippen LogP) is 1.85. The van der Waals surface area contributed by atoms with Gasteiger partial charge in [-0.05, 0) is 31.9 Å². The molecular weight excluding hydrogens is 318 g/mol. The zero-order valence-electron chi connectivity index (χ0n) is 15.1. The molecule has 6 nitrogen and oxygen atoms in total. The van der Waals surface area contributed by atoms with E-state index in [4.69, 9.17) is 4.74 Å². The Hall–Kier alpha value is -2.11. The van der Waals surface area contributed by atoms with Gasteiger partial charge in [0.15, 0.2) is 5.60 Å². The van der Waals surface area contributed by atoms with Crippen LogP contribution in [0.25, 0.3) is 0 Å². The van der Waals surface area contributed by atoms with E-state index in [2.05, 4.69) is 9.88 Å². The van der Waals surface area contributed by atoms with Crippen molar-refractivity contribution in [1.29, 1.82) is 0 Å². The third kappa shape index (κ3) is 1.99. The number of amides is 1. The maximum Gasteiger partial charge on any atom is 0.313 e. The quantitative estimate of drug-likeness (QED) is 0.767. The Kier molecular flexibility index (Phi) is 3.40. The number of aromatic nitrogens is 1. The van der Waals surface area contributed by atoms with Crippen LogP contribution in [0.5, 0.6) is 0 Å². The van der Waals surface area contributed by atoms with E-state index in [1.54, 1.807) is 6.20 Å². The first-order valence-corrected chi connectivity index (χ1v) is 9.01. The van der Waals surface area contributed by atoms with Gasteiger partial charge in [-0.2, -0.15) is 0 Å². The third-order valence-electron chi connectivity index (χ3n) is 6.97. The second-order valence-corrected chi connectivity index (χ2v) is 8.14. The fourth-order valence-electron chi connectivity index (χ4n) is 4.66. The minimum Gasteiger partial charge on any atom is -0.448 e. The van der Waals surface area contributed by atoms with Crippen LogP contribution in [0.1, 0.15) is 33.6 Å². The van der Waals surface area contributed by atoms with E-state index in [0.717, 1.165) is 25.3 Å². The molecule has 0 aromatic carbocycles. The van der Waals surface area contributed by atoms with Crippen molar-refractivity contribution in [3.05, 3.63) is 24.4 Å². The minimum atomic E-state index is -0.994. The molecule has 25 heavy (non-hydrogen) atoms. The van der Waals surface area contributed by atoms with Gasteiger partial charge in [-0.1, -0.05) is 19.9 Å². The number of pyridine rings is 1. The summed E-state index contributed by atoms with van der Waals surface area (Å²) >= 11 is 0. The highest BCUT2D eigenvalue weighted by atomic mass is 16.6. The van der Waals surface area contributed by atoms with Gasteiger partial charge < -0.3 is 14.5 Å². The number of ether oxygens (including phenoxy) is 1. The van der Waals surface area contributed by atoms with E-state index in [0.29, 0.717) is 19.5 Å². The van der Waals surface area contributed by atoms with Crippen LogP contribution < -0.4 is 4.90 Å². The molecule has 0 N–H and O–H groups in total. The molecule has 2 aliphatic heterocycles. The third-order valence-corrected chi connectivity index (χ3v) is 6.97. The van der Waals surface area contributed by atoms with E-state index in [9.17, 15) is 9.59 Å². The summed E-state index contributed by atoms with van der Waals surface area (Å²) in [6.45, 7) is 8.69. The highest BCUT2D eigenvalue weighted by molar-refractivity contribution is 5.96. The first-order chi connectivity index (χ1) is 11.8. The van der Waals surface area contributed by atoms with Crippen LogP contribution in [-0.4, -0.2) is 53.5 Å². The number of carbonyl (C=O) groups excluding carboxylic acids is 2. The fourth-order valence-corrected chi connectivity index (χ4v) is 4.66. The number of fused-ring (bicyclic) bond motifs is 2. The number of nitrogens with zero attached hydrogens (tertiary/aromatic N) is 3. The van der Waals surface area contributed by atoms with Crippen LogP contribution in [0.4, 0.5) is 5.82 Å². The summed E-state index contributed by atoms with van der Waals surface area (Å²) in [5.41, 5.74) is -2.03. The van der Waals surface area contributed by atoms with E-state index < -0.39 is 16.4 Å². The number of carbonyl (C=O) groups is 2. The van der Waals surface area contributed by atoms with Crippen LogP contribution in [0.2, 0.25) is 0 Å². The Morgan fingerprint density at radius 3 is 2.36 bits per heavy atom. The van der Waals surface area contributed by atoms with Crippen molar-refractivity contribution >= 4 is 17.7 Å². The Bertz CT molecular complexity index is 712. The van der Waals surface area contributed by atoms with Gasteiger partial charge in [0.05, 0.1) is 5.41 Å². The van der Waals surface area contributed by atoms with Crippen LogP contribution in [0.15, 0.2) is 24.4 Å². The average molecular weight is 343 g/mol. The van der Waals surface area contributed by atoms with Gasteiger partial charge in [-0.3, -0.25) is 9.59 Å². The van der Waals surface area contributed by atoms with Crippen molar-refractivity contribution in [3.8, 4) is 0 Å². The molecule has 2 unspecified atom stereocenters. The second kappa shape index (κ2) is 5.19.